The third-order valence-corrected chi connectivity index (χ3v) is 2.22. The van der Waals surface area contributed by atoms with Crippen molar-refractivity contribution in [1.29, 1.82) is 0 Å². The van der Waals surface area contributed by atoms with Gasteiger partial charge >= 0.3 is 5.97 Å². The first kappa shape index (κ1) is 10.4. The van der Waals surface area contributed by atoms with Gasteiger partial charge in [0.25, 0.3) is 0 Å². The summed E-state index contributed by atoms with van der Waals surface area (Å²) in [6.07, 6.45) is 1.42. The molecule has 0 spiro atoms. The van der Waals surface area contributed by atoms with Crippen molar-refractivity contribution in [1.82, 2.24) is 0 Å². The van der Waals surface area contributed by atoms with Crippen LogP contribution in [0.2, 0.25) is 0 Å². The number of benzene rings is 1. The van der Waals surface area contributed by atoms with Crippen LogP contribution >= 0.6 is 0 Å². The first-order chi connectivity index (χ1) is 7.70. The zero-order valence-electron chi connectivity index (χ0n) is 8.56. The molecule has 1 aliphatic heterocycles. The lowest BCUT2D eigenvalue weighted by molar-refractivity contribution is -0.128. The van der Waals surface area contributed by atoms with Gasteiger partial charge in [0, 0.05) is 12.5 Å². The monoisotopic (exact) mass is 218 g/mol. The van der Waals surface area contributed by atoms with E-state index in [0.717, 1.165) is 6.08 Å². The van der Waals surface area contributed by atoms with Gasteiger partial charge in [0.2, 0.25) is 0 Å². The Morgan fingerprint density at radius 3 is 3.06 bits per heavy atom. The van der Waals surface area contributed by atoms with Crippen molar-refractivity contribution in [3.05, 3.63) is 36.4 Å². The van der Waals surface area contributed by atoms with E-state index in [4.69, 9.17) is 9.47 Å². The number of Topliss-reactive ketones (excluding diaryl/α,β-unsaturated/α-hetero) is 1. The summed E-state index contributed by atoms with van der Waals surface area (Å²) >= 11 is 0. The van der Waals surface area contributed by atoms with Gasteiger partial charge in [-0.25, -0.2) is 4.79 Å². The summed E-state index contributed by atoms with van der Waals surface area (Å²) in [6, 6.07) is 4.72. The molecule has 4 heteroatoms. The lowest BCUT2D eigenvalue weighted by Crippen LogP contribution is -2.15. The highest BCUT2D eigenvalue weighted by molar-refractivity contribution is 6.00. The molecule has 0 saturated heterocycles. The average Bonchev–Trinajstić information content (AvgIpc) is 2.30. The lowest BCUT2D eigenvalue weighted by atomic mass is 10.0. The predicted octanol–water partition coefficient (Wildman–Crippen LogP) is 1.74. The Morgan fingerprint density at radius 2 is 2.31 bits per heavy atom. The smallest absolute Gasteiger partial charge is 0.335 e. The summed E-state index contributed by atoms with van der Waals surface area (Å²) in [7, 11) is 0. The number of fused-ring (bicyclic) bond motifs is 1. The second-order valence-electron chi connectivity index (χ2n) is 3.30. The van der Waals surface area contributed by atoms with Gasteiger partial charge in [0.05, 0.1) is 12.2 Å². The van der Waals surface area contributed by atoms with Crippen LogP contribution in [0.3, 0.4) is 0 Å². The molecule has 2 rings (SSSR count). The highest BCUT2D eigenvalue weighted by Crippen LogP contribution is 2.28. The largest absolute Gasteiger partial charge is 0.492 e. The van der Waals surface area contributed by atoms with Crippen LogP contribution in [0.4, 0.5) is 0 Å². The van der Waals surface area contributed by atoms with E-state index in [2.05, 4.69) is 6.58 Å². The fourth-order valence-corrected chi connectivity index (χ4v) is 1.46. The van der Waals surface area contributed by atoms with Gasteiger partial charge in [-0.1, -0.05) is 6.58 Å². The molecule has 1 heterocycles. The van der Waals surface area contributed by atoms with Crippen molar-refractivity contribution >= 4 is 11.8 Å². The third-order valence-electron chi connectivity index (χ3n) is 2.22. The van der Waals surface area contributed by atoms with Crippen LogP contribution in [0, 0.1) is 0 Å². The van der Waals surface area contributed by atoms with Crippen molar-refractivity contribution in [2.45, 2.75) is 6.42 Å². The molecule has 0 radical (unpaired) electrons. The van der Waals surface area contributed by atoms with Crippen molar-refractivity contribution in [3.63, 3.8) is 0 Å². The molecule has 0 N–H and O–H groups in total. The molecule has 1 aliphatic rings. The van der Waals surface area contributed by atoms with Crippen LogP contribution in [-0.4, -0.2) is 18.4 Å². The van der Waals surface area contributed by atoms with E-state index < -0.39 is 5.97 Å². The molecule has 0 bridgehead atoms. The van der Waals surface area contributed by atoms with Gasteiger partial charge in [-0.05, 0) is 18.2 Å². The van der Waals surface area contributed by atoms with Gasteiger partial charge in [0.15, 0.2) is 5.78 Å². The van der Waals surface area contributed by atoms with E-state index in [0.29, 0.717) is 30.1 Å². The van der Waals surface area contributed by atoms with Crippen molar-refractivity contribution in [2.75, 3.05) is 6.61 Å². The van der Waals surface area contributed by atoms with Crippen molar-refractivity contribution in [3.8, 4) is 11.5 Å². The number of hydrogen-bond acceptors (Lipinski definition) is 4. The SMILES string of the molecule is C=CC(=O)Oc1ccc2c(c1)C(=O)CCO2. The molecular formula is C12H10O4. The highest BCUT2D eigenvalue weighted by Gasteiger charge is 2.19. The molecule has 0 aliphatic carbocycles. The van der Waals surface area contributed by atoms with Crippen LogP contribution in [0.5, 0.6) is 11.5 Å². The zero-order valence-corrected chi connectivity index (χ0v) is 8.56. The Morgan fingerprint density at radius 1 is 1.50 bits per heavy atom. The summed E-state index contributed by atoms with van der Waals surface area (Å²) in [5.74, 6) is 0.305. The number of esters is 1. The topological polar surface area (TPSA) is 52.6 Å². The molecule has 82 valence electrons. The van der Waals surface area contributed by atoms with Gasteiger partial charge in [-0.3, -0.25) is 4.79 Å². The van der Waals surface area contributed by atoms with Crippen LogP contribution in [-0.2, 0) is 4.79 Å². The number of hydrogen-bond donors (Lipinski definition) is 0. The highest BCUT2D eigenvalue weighted by atomic mass is 16.5. The number of ketones is 1. The lowest BCUT2D eigenvalue weighted by Gasteiger charge is -2.16. The molecule has 0 atom stereocenters. The van der Waals surface area contributed by atoms with Gasteiger partial charge in [-0.15, -0.1) is 0 Å². The Labute approximate surface area is 92.5 Å². The van der Waals surface area contributed by atoms with Gasteiger partial charge < -0.3 is 9.47 Å². The van der Waals surface area contributed by atoms with E-state index >= 15 is 0 Å². The molecule has 0 aromatic heterocycles. The Balaban J connectivity index is 2.30. The summed E-state index contributed by atoms with van der Waals surface area (Å²) in [5, 5.41) is 0. The quantitative estimate of drug-likeness (QED) is 0.431. The zero-order chi connectivity index (χ0) is 11.5. The van der Waals surface area contributed by atoms with E-state index in [1.165, 1.54) is 6.07 Å². The van der Waals surface area contributed by atoms with Crippen molar-refractivity contribution < 1.29 is 19.1 Å². The number of carbonyl (C=O) groups is 2. The molecule has 0 saturated carbocycles. The standard InChI is InChI=1S/C12H10O4/c1-2-12(14)16-8-3-4-11-9(7-8)10(13)5-6-15-11/h2-4,7H,1,5-6H2. The molecular weight excluding hydrogens is 208 g/mol. The number of carbonyl (C=O) groups excluding carboxylic acids is 2. The maximum absolute atomic E-state index is 11.6. The van der Waals surface area contributed by atoms with Gasteiger partial charge in [-0.2, -0.15) is 0 Å². The van der Waals surface area contributed by atoms with E-state index in [1.807, 2.05) is 0 Å². The fraction of sp³-hybridized carbons (Fsp3) is 0.167. The number of rotatable bonds is 2. The minimum Gasteiger partial charge on any atom is -0.492 e. The Bertz CT molecular complexity index is 462. The Hall–Kier alpha value is -2.10. The molecule has 4 nitrogen and oxygen atoms in total. The summed E-state index contributed by atoms with van der Waals surface area (Å²) in [5.41, 5.74) is 0.459. The molecule has 0 amide bonds. The Kier molecular flexibility index (Phi) is 2.72. The predicted molar refractivity (Wildman–Crippen MR) is 56.7 cm³/mol. The molecule has 16 heavy (non-hydrogen) atoms. The maximum atomic E-state index is 11.6. The van der Waals surface area contributed by atoms with E-state index in [9.17, 15) is 9.59 Å². The molecule has 0 fully saturated rings. The van der Waals surface area contributed by atoms with Crippen molar-refractivity contribution in [2.24, 2.45) is 0 Å². The fourth-order valence-electron chi connectivity index (χ4n) is 1.46. The summed E-state index contributed by atoms with van der Waals surface area (Å²) in [6.45, 7) is 3.69. The van der Waals surface area contributed by atoms with E-state index in [-0.39, 0.29) is 5.78 Å². The average molecular weight is 218 g/mol. The van der Waals surface area contributed by atoms with Crippen LogP contribution in [0.1, 0.15) is 16.8 Å². The van der Waals surface area contributed by atoms with Gasteiger partial charge in [0.1, 0.15) is 11.5 Å². The number of ether oxygens (including phenoxy) is 2. The first-order valence-corrected chi connectivity index (χ1v) is 4.85. The van der Waals surface area contributed by atoms with Crippen LogP contribution < -0.4 is 9.47 Å². The summed E-state index contributed by atoms with van der Waals surface area (Å²) < 4.78 is 10.2. The maximum Gasteiger partial charge on any atom is 0.335 e. The van der Waals surface area contributed by atoms with Crippen LogP contribution in [0.25, 0.3) is 0 Å². The minimum atomic E-state index is -0.552. The molecule has 0 unspecified atom stereocenters. The third kappa shape index (κ3) is 1.95. The second kappa shape index (κ2) is 4.18. The van der Waals surface area contributed by atoms with E-state index in [1.54, 1.807) is 12.1 Å². The second-order valence-corrected chi connectivity index (χ2v) is 3.30. The normalized spacial score (nSPS) is 13.6. The molecule has 1 aromatic carbocycles. The van der Waals surface area contributed by atoms with Crippen LogP contribution in [0.15, 0.2) is 30.9 Å². The molecule has 1 aromatic rings. The minimum absolute atomic E-state index is 0.00208. The first-order valence-electron chi connectivity index (χ1n) is 4.85. The summed E-state index contributed by atoms with van der Waals surface area (Å²) in [4.78, 5) is 22.5.